The molecule has 6 heavy (non-hydrogen) atoms. The maximum absolute atomic E-state index is 9.65. The van der Waals surface area contributed by atoms with E-state index in [0.717, 1.165) is 6.26 Å². The first-order valence-electron chi connectivity index (χ1n) is 1.15. The highest BCUT2D eigenvalue weighted by Crippen LogP contribution is 1.77. The van der Waals surface area contributed by atoms with Gasteiger partial charge in [-0.1, -0.05) is 4.52 Å². The van der Waals surface area contributed by atoms with Crippen molar-refractivity contribution in [2.45, 2.75) is 0 Å². The molecule has 0 saturated heterocycles. The van der Waals surface area contributed by atoms with Crippen molar-refractivity contribution in [1.29, 1.82) is 5.53 Å². The molecule has 0 amide bonds. The van der Waals surface area contributed by atoms with Crippen LogP contribution in [0.4, 0.5) is 0 Å². The van der Waals surface area contributed by atoms with Crippen molar-refractivity contribution in [3.05, 3.63) is 0 Å². The van der Waals surface area contributed by atoms with Crippen LogP contribution in [-0.4, -0.2) is 14.7 Å². The molecule has 0 radical (unpaired) electrons. The topological polar surface area (TPSA) is 70.3 Å². The van der Waals surface area contributed by atoms with E-state index >= 15 is 0 Å². The average molecular weight is 108 g/mol. The first kappa shape index (κ1) is 5.55. The van der Waals surface area contributed by atoms with E-state index in [-0.39, 0.29) is 0 Å². The van der Waals surface area contributed by atoms with Gasteiger partial charge in [-0.05, 0) is 0 Å². The molecular formula is CH4N2O2S. The second-order valence-electron chi connectivity index (χ2n) is 0.824. The molecular weight excluding hydrogens is 104 g/mol. The fourth-order valence-electron chi connectivity index (χ4n) is 0. The largest absolute Gasteiger partial charge is 0.267 e. The Morgan fingerprint density at radius 1 is 1.67 bits per heavy atom. The summed E-state index contributed by atoms with van der Waals surface area (Å²) >= 11 is 0. The zero-order valence-electron chi connectivity index (χ0n) is 3.17. The molecule has 0 aliphatic heterocycles. The van der Waals surface area contributed by atoms with Gasteiger partial charge in [-0.3, -0.25) is 0 Å². The molecule has 1 N–H and O–H groups in total. The van der Waals surface area contributed by atoms with E-state index in [1.165, 1.54) is 0 Å². The van der Waals surface area contributed by atoms with Gasteiger partial charge in [0.05, 0.1) is 6.26 Å². The lowest BCUT2D eigenvalue weighted by molar-refractivity contribution is 0.600. The lowest BCUT2D eigenvalue weighted by Crippen LogP contribution is -1.84. The van der Waals surface area contributed by atoms with E-state index in [9.17, 15) is 8.42 Å². The van der Waals surface area contributed by atoms with Crippen LogP contribution < -0.4 is 0 Å². The second-order valence-corrected chi connectivity index (χ2v) is 2.47. The third-order valence-electron chi connectivity index (χ3n) is 0.166. The summed E-state index contributed by atoms with van der Waals surface area (Å²) in [5.41, 5.74) is 5.89. The normalized spacial score (nSPS) is 10.8. The van der Waals surface area contributed by atoms with Crippen molar-refractivity contribution in [3.8, 4) is 0 Å². The van der Waals surface area contributed by atoms with Crippen LogP contribution in [0, 0.1) is 5.53 Å². The Hall–Kier alpha value is -0.450. The monoisotopic (exact) mass is 108 g/mol. The molecule has 0 saturated carbocycles. The van der Waals surface area contributed by atoms with E-state index in [1.807, 2.05) is 0 Å². The smallest absolute Gasteiger partial charge is 0.203 e. The number of sulfonamides is 1. The van der Waals surface area contributed by atoms with Crippen molar-refractivity contribution < 1.29 is 8.42 Å². The van der Waals surface area contributed by atoms with Crippen molar-refractivity contribution in [2.24, 2.45) is 4.52 Å². The third-order valence-corrected chi connectivity index (χ3v) is 0.497. The van der Waals surface area contributed by atoms with Crippen LogP contribution in [0.3, 0.4) is 0 Å². The molecule has 0 fully saturated rings. The van der Waals surface area contributed by atoms with Crippen LogP contribution in [0.5, 0.6) is 0 Å². The lowest BCUT2D eigenvalue weighted by Gasteiger charge is -1.71. The summed E-state index contributed by atoms with van der Waals surface area (Å²) in [5.74, 6) is 0. The summed E-state index contributed by atoms with van der Waals surface area (Å²) in [6, 6.07) is 0. The number of nitrogens with one attached hydrogen (secondary N) is 1. The van der Waals surface area contributed by atoms with E-state index in [2.05, 4.69) is 4.52 Å². The van der Waals surface area contributed by atoms with Crippen molar-refractivity contribution in [1.82, 2.24) is 0 Å². The fraction of sp³-hybridized carbons (Fsp3) is 1.00. The fourth-order valence-corrected chi connectivity index (χ4v) is 0. The van der Waals surface area contributed by atoms with Gasteiger partial charge in [0.25, 0.3) is 10.0 Å². The van der Waals surface area contributed by atoms with Crippen molar-refractivity contribution in [2.75, 3.05) is 6.26 Å². The Kier molecular flexibility index (Phi) is 1.24. The highest BCUT2D eigenvalue weighted by molar-refractivity contribution is 7.89. The summed E-state index contributed by atoms with van der Waals surface area (Å²) in [5, 5.41) is 0. The molecule has 0 unspecified atom stereocenters. The van der Waals surface area contributed by atoms with Crippen LogP contribution in [-0.2, 0) is 10.0 Å². The Morgan fingerprint density at radius 3 is 1.83 bits per heavy atom. The van der Waals surface area contributed by atoms with E-state index in [0.29, 0.717) is 0 Å². The van der Waals surface area contributed by atoms with Gasteiger partial charge in [-0.25, -0.2) is 8.42 Å². The molecule has 0 aliphatic carbocycles. The van der Waals surface area contributed by atoms with Gasteiger partial charge in [0, 0.05) is 0 Å². The number of nitrogens with zero attached hydrogens (tertiary/aromatic N) is 1. The summed E-state index contributed by atoms with van der Waals surface area (Å²) in [7, 11) is -3.37. The van der Waals surface area contributed by atoms with Gasteiger partial charge >= 0.3 is 0 Å². The molecule has 4 nitrogen and oxygen atoms in total. The van der Waals surface area contributed by atoms with Gasteiger partial charge in [0.1, 0.15) is 0 Å². The zero-order chi connectivity index (χ0) is 5.21. The van der Waals surface area contributed by atoms with E-state index < -0.39 is 10.0 Å². The number of hydrogen-bond donors (Lipinski definition) is 1. The maximum atomic E-state index is 9.65. The predicted octanol–water partition coefficient (Wildman–Crippen LogP) is -0.0230. The Balaban J connectivity index is 4.25. The number of hydrogen-bond acceptors (Lipinski definition) is 3. The average Bonchev–Trinajstić information content (AvgIpc) is 1.35. The zero-order valence-corrected chi connectivity index (χ0v) is 3.99. The minimum atomic E-state index is -3.37. The van der Waals surface area contributed by atoms with Crippen LogP contribution in [0.15, 0.2) is 4.52 Å². The molecule has 0 spiro atoms. The van der Waals surface area contributed by atoms with E-state index in [1.54, 1.807) is 0 Å². The second kappa shape index (κ2) is 1.34. The predicted molar refractivity (Wildman–Crippen MR) is 20.0 cm³/mol. The molecule has 0 aliphatic rings. The third kappa shape index (κ3) is 3.55. The summed E-state index contributed by atoms with van der Waals surface area (Å²) in [4.78, 5) is 0. The highest BCUT2D eigenvalue weighted by Gasteiger charge is 1.88. The summed E-state index contributed by atoms with van der Waals surface area (Å²) < 4.78 is 21.5. The molecule has 0 aromatic carbocycles. The van der Waals surface area contributed by atoms with Crippen LogP contribution >= 0.6 is 0 Å². The minimum Gasteiger partial charge on any atom is -0.203 e. The summed E-state index contributed by atoms with van der Waals surface area (Å²) in [6.07, 6.45) is 0.861. The van der Waals surface area contributed by atoms with Crippen LogP contribution in [0.2, 0.25) is 0 Å². The van der Waals surface area contributed by atoms with Crippen LogP contribution in [0.25, 0.3) is 0 Å². The molecule has 0 atom stereocenters. The van der Waals surface area contributed by atoms with E-state index in [4.69, 9.17) is 5.53 Å². The van der Waals surface area contributed by atoms with Gasteiger partial charge in [0.15, 0.2) is 0 Å². The molecule has 0 aromatic heterocycles. The maximum Gasteiger partial charge on any atom is 0.267 e. The molecule has 0 rings (SSSR count). The standard InChI is InChI=1S/CH4N2O2S/c1-6(4,5)3-2/h2H,1H3. The first-order valence-corrected chi connectivity index (χ1v) is 3.00. The van der Waals surface area contributed by atoms with Gasteiger partial charge in [-0.2, -0.15) is 5.53 Å². The Bertz CT molecular complexity index is 122. The van der Waals surface area contributed by atoms with Crippen molar-refractivity contribution in [3.63, 3.8) is 0 Å². The molecule has 0 heterocycles. The van der Waals surface area contributed by atoms with Crippen LogP contribution in [0.1, 0.15) is 0 Å². The van der Waals surface area contributed by atoms with Crippen molar-refractivity contribution >= 4 is 10.0 Å². The molecule has 0 bridgehead atoms. The SMILES string of the molecule is CS(=O)(=O)N=N. The Labute approximate surface area is 35.7 Å². The number of rotatable bonds is 1. The summed E-state index contributed by atoms with van der Waals surface area (Å²) in [6.45, 7) is 0. The minimum absolute atomic E-state index is 0.861. The molecule has 5 heteroatoms. The van der Waals surface area contributed by atoms with Gasteiger partial charge in [0.2, 0.25) is 0 Å². The lowest BCUT2D eigenvalue weighted by atomic mass is 12.0. The molecule has 0 aromatic rings. The first-order chi connectivity index (χ1) is 2.56. The quantitative estimate of drug-likeness (QED) is 0.479. The highest BCUT2D eigenvalue weighted by atomic mass is 32.2. The molecule has 36 valence electrons. The van der Waals surface area contributed by atoms with Gasteiger partial charge in [-0.15, -0.1) is 0 Å². The Morgan fingerprint density at radius 2 is 1.83 bits per heavy atom. The van der Waals surface area contributed by atoms with Gasteiger partial charge < -0.3 is 0 Å².